The van der Waals surface area contributed by atoms with Crippen LogP contribution in [0.15, 0.2) is 66.0 Å². The van der Waals surface area contributed by atoms with Gasteiger partial charge in [-0.15, -0.1) is 11.3 Å². The van der Waals surface area contributed by atoms with Gasteiger partial charge in [0, 0.05) is 18.2 Å². The molecule has 168 valence electrons. The smallest absolute Gasteiger partial charge is 0.244 e. The second-order valence-electron chi connectivity index (χ2n) is 8.07. The fourth-order valence-corrected chi connectivity index (χ4v) is 5.84. The van der Waals surface area contributed by atoms with E-state index in [9.17, 15) is 8.42 Å². The van der Waals surface area contributed by atoms with Crippen LogP contribution >= 0.6 is 11.3 Å². The maximum Gasteiger partial charge on any atom is 0.244 e. The molecule has 0 saturated heterocycles. The Morgan fingerprint density at radius 2 is 1.73 bits per heavy atom. The number of fused-ring (bicyclic) bond motifs is 1. The van der Waals surface area contributed by atoms with Crippen LogP contribution in [-0.2, 0) is 17.1 Å². The van der Waals surface area contributed by atoms with Crippen molar-refractivity contribution >= 4 is 38.3 Å². The molecule has 3 heterocycles. The Labute approximate surface area is 196 Å². The van der Waals surface area contributed by atoms with Crippen LogP contribution in [-0.4, -0.2) is 32.2 Å². The lowest BCUT2D eigenvalue weighted by atomic mass is 10.0. The van der Waals surface area contributed by atoms with E-state index in [0.717, 1.165) is 37.2 Å². The van der Waals surface area contributed by atoms with E-state index in [2.05, 4.69) is 9.55 Å². The molecule has 0 bridgehead atoms. The molecule has 0 saturated carbocycles. The van der Waals surface area contributed by atoms with Crippen LogP contribution in [0.3, 0.4) is 0 Å². The molecule has 0 radical (unpaired) electrons. The predicted octanol–water partition coefficient (Wildman–Crippen LogP) is 5.00. The molecule has 0 aliphatic carbocycles. The fraction of sp³-hybridized carbons (Fsp3) is 0.167. The molecule has 2 N–H and O–H groups in total. The van der Waals surface area contributed by atoms with Crippen molar-refractivity contribution in [2.24, 2.45) is 7.05 Å². The molecule has 7 nitrogen and oxygen atoms in total. The van der Waals surface area contributed by atoms with E-state index >= 15 is 0 Å². The summed E-state index contributed by atoms with van der Waals surface area (Å²) in [5, 5.41) is 1.39. The van der Waals surface area contributed by atoms with Crippen LogP contribution in [0.25, 0.3) is 44.2 Å². The van der Waals surface area contributed by atoms with Crippen molar-refractivity contribution in [3.63, 3.8) is 0 Å². The Balaban J connectivity index is 1.79. The quantitative estimate of drug-likeness (QED) is 0.384. The van der Waals surface area contributed by atoms with E-state index in [1.54, 1.807) is 31.3 Å². The maximum atomic E-state index is 13.0. The second kappa shape index (κ2) is 7.86. The first-order valence-electron chi connectivity index (χ1n) is 10.5. The van der Waals surface area contributed by atoms with Gasteiger partial charge < -0.3 is 10.3 Å². The SMILES string of the molecule is CC(C)S(=O)(=O)n1c(N)nc2ccc(-c3nc(-c4cccs4)n(C)c3-c3ccccc3)cc21. The Morgan fingerprint density at radius 1 is 0.970 bits per heavy atom. The second-order valence-corrected chi connectivity index (χ2v) is 11.4. The average Bonchev–Trinajstić information content (AvgIpc) is 3.50. The molecule has 0 fully saturated rings. The molecule has 0 amide bonds. The van der Waals surface area contributed by atoms with Crippen molar-refractivity contribution in [3.8, 4) is 33.2 Å². The van der Waals surface area contributed by atoms with Crippen LogP contribution in [0.2, 0.25) is 0 Å². The number of hydrogen-bond acceptors (Lipinski definition) is 6. The molecule has 9 heteroatoms. The zero-order valence-electron chi connectivity index (χ0n) is 18.4. The number of benzene rings is 2. The first-order valence-corrected chi connectivity index (χ1v) is 12.9. The van der Waals surface area contributed by atoms with Crippen LogP contribution < -0.4 is 5.73 Å². The minimum absolute atomic E-state index is 0.0422. The van der Waals surface area contributed by atoms with Gasteiger partial charge in [-0.3, -0.25) is 0 Å². The largest absolute Gasteiger partial charge is 0.368 e. The van der Waals surface area contributed by atoms with Gasteiger partial charge in [-0.1, -0.05) is 42.5 Å². The third kappa shape index (κ3) is 3.44. The van der Waals surface area contributed by atoms with Crippen molar-refractivity contribution < 1.29 is 8.42 Å². The number of nitrogens with zero attached hydrogens (tertiary/aromatic N) is 4. The van der Waals surface area contributed by atoms with Gasteiger partial charge in [0.2, 0.25) is 16.0 Å². The predicted molar refractivity (Wildman–Crippen MR) is 135 cm³/mol. The zero-order chi connectivity index (χ0) is 23.3. The number of hydrogen-bond donors (Lipinski definition) is 1. The molecular weight excluding hydrogens is 454 g/mol. The third-order valence-corrected chi connectivity index (χ3v) is 8.59. The van der Waals surface area contributed by atoms with Crippen LogP contribution in [0.5, 0.6) is 0 Å². The van der Waals surface area contributed by atoms with Crippen LogP contribution in [0.1, 0.15) is 13.8 Å². The van der Waals surface area contributed by atoms with Gasteiger partial charge in [0.15, 0.2) is 5.82 Å². The summed E-state index contributed by atoms with van der Waals surface area (Å²) in [7, 11) is -1.69. The van der Waals surface area contributed by atoms with Gasteiger partial charge in [0.05, 0.1) is 32.5 Å². The number of anilines is 1. The Kier molecular flexibility index (Phi) is 5.10. The van der Waals surface area contributed by atoms with E-state index in [1.807, 2.05) is 67.0 Å². The number of nitrogens with two attached hydrogens (primary N) is 1. The third-order valence-electron chi connectivity index (χ3n) is 5.64. The lowest BCUT2D eigenvalue weighted by molar-refractivity contribution is 0.580. The van der Waals surface area contributed by atoms with Gasteiger partial charge in [-0.2, -0.15) is 0 Å². The molecule has 33 heavy (non-hydrogen) atoms. The fourth-order valence-electron chi connectivity index (χ4n) is 3.95. The Morgan fingerprint density at radius 3 is 2.39 bits per heavy atom. The summed E-state index contributed by atoms with van der Waals surface area (Å²) in [6.45, 7) is 3.26. The highest BCUT2D eigenvalue weighted by Crippen LogP contribution is 2.38. The van der Waals surface area contributed by atoms with Gasteiger partial charge >= 0.3 is 0 Å². The van der Waals surface area contributed by atoms with Crippen molar-refractivity contribution in [1.29, 1.82) is 0 Å². The van der Waals surface area contributed by atoms with Crippen molar-refractivity contribution in [2.45, 2.75) is 19.1 Å². The number of rotatable bonds is 5. The van der Waals surface area contributed by atoms with Crippen LogP contribution in [0, 0.1) is 0 Å². The van der Waals surface area contributed by atoms with E-state index in [1.165, 1.54) is 0 Å². The topological polar surface area (TPSA) is 95.8 Å². The summed E-state index contributed by atoms with van der Waals surface area (Å²) < 4.78 is 29.2. The van der Waals surface area contributed by atoms with Crippen molar-refractivity contribution in [1.82, 2.24) is 18.5 Å². The summed E-state index contributed by atoms with van der Waals surface area (Å²) in [4.78, 5) is 10.3. The summed E-state index contributed by atoms with van der Waals surface area (Å²) in [5.74, 6) is 0.807. The first kappa shape index (κ1) is 21.4. The van der Waals surface area contributed by atoms with Crippen molar-refractivity contribution in [3.05, 3.63) is 66.0 Å². The van der Waals surface area contributed by atoms with Gasteiger partial charge in [0.1, 0.15) is 0 Å². The summed E-state index contributed by atoms with van der Waals surface area (Å²) in [6.07, 6.45) is 0. The highest BCUT2D eigenvalue weighted by atomic mass is 32.2. The first-order chi connectivity index (χ1) is 15.8. The standard InChI is InChI=1S/C24H23N5O2S2/c1-15(2)33(30,31)29-19-14-17(11-12-18(19)26-24(29)25)21-22(16-8-5-4-6-9-16)28(3)23(27-21)20-10-7-13-32-20/h4-15H,1-3H3,(H2,25,26). The maximum absolute atomic E-state index is 13.0. The molecule has 0 aliphatic rings. The lowest BCUT2D eigenvalue weighted by Gasteiger charge is -2.12. The number of imidazole rings is 2. The molecule has 3 aromatic heterocycles. The minimum Gasteiger partial charge on any atom is -0.368 e. The van der Waals surface area contributed by atoms with E-state index in [0.29, 0.717) is 11.0 Å². The average molecular weight is 478 g/mol. The molecule has 0 unspecified atom stereocenters. The molecule has 0 spiro atoms. The molecule has 0 atom stereocenters. The van der Waals surface area contributed by atoms with Gasteiger partial charge in [0.25, 0.3) is 0 Å². The number of thiophene rings is 1. The molecule has 2 aromatic carbocycles. The normalized spacial score (nSPS) is 12.1. The minimum atomic E-state index is -3.69. The number of aromatic nitrogens is 4. The lowest BCUT2D eigenvalue weighted by Crippen LogP contribution is -2.23. The zero-order valence-corrected chi connectivity index (χ0v) is 20.1. The Hall–Kier alpha value is -3.43. The Bertz CT molecular complexity index is 1560. The van der Waals surface area contributed by atoms with E-state index < -0.39 is 15.3 Å². The van der Waals surface area contributed by atoms with E-state index in [4.69, 9.17) is 10.7 Å². The van der Waals surface area contributed by atoms with Gasteiger partial charge in [-0.05, 0) is 37.4 Å². The van der Waals surface area contributed by atoms with Gasteiger partial charge in [-0.25, -0.2) is 22.4 Å². The molecular formula is C24H23N5O2S2. The number of nitrogen functional groups attached to an aromatic ring is 1. The highest BCUT2D eigenvalue weighted by Gasteiger charge is 2.26. The van der Waals surface area contributed by atoms with Crippen molar-refractivity contribution in [2.75, 3.05) is 5.73 Å². The van der Waals surface area contributed by atoms with Crippen LogP contribution in [0.4, 0.5) is 5.95 Å². The summed E-state index contributed by atoms with van der Waals surface area (Å²) in [6, 6.07) is 19.6. The van der Waals surface area contributed by atoms with E-state index in [-0.39, 0.29) is 5.95 Å². The summed E-state index contributed by atoms with van der Waals surface area (Å²) >= 11 is 1.62. The highest BCUT2D eigenvalue weighted by molar-refractivity contribution is 7.90. The molecule has 5 rings (SSSR count). The molecule has 0 aliphatic heterocycles. The summed E-state index contributed by atoms with van der Waals surface area (Å²) in [5.41, 5.74) is 10.5. The monoisotopic (exact) mass is 477 g/mol. The molecule has 5 aromatic rings.